The Morgan fingerprint density at radius 1 is 1.72 bits per heavy atom. The van der Waals surface area contributed by atoms with E-state index in [0.29, 0.717) is 24.0 Å². The van der Waals surface area contributed by atoms with Crippen molar-refractivity contribution in [2.24, 2.45) is 5.92 Å². The van der Waals surface area contributed by atoms with Crippen molar-refractivity contribution in [1.82, 2.24) is 15.4 Å². The SMILES string of the molecule is CNCC1CCN(C(=O)c2cc(COC)on2)C1. The average Bonchev–Trinajstić information content (AvgIpc) is 2.98. The summed E-state index contributed by atoms with van der Waals surface area (Å²) in [6.07, 6.45) is 1.04. The smallest absolute Gasteiger partial charge is 0.276 e. The molecule has 0 aromatic carbocycles. The van der Waals surface area contributed by atoms with Crippen molar-refractivity contribution in [2.45, 2.75) is 13.0 Å². The van der Waals surface area contributed by atoms with Crippen LogP contribution >= 0.6 is 0 Å². The Hall–Kier alpha value is -1.40. The van der Waals surface area contributed by atoms with Crippen LogP contribution in [0.3, 0.4) is 0 Å². The summed E-state index contributed by atoms with van der Waals surface area (Å²) >= 11 is 0. The third kappa shape index (κ3) is 2.88. The number of hydrogen-bond donors (Lipinski definition) is 1. The molecular weight excluding hydrogens is 234 g/mol. The number of amides is 1. The number of methoxy groups -OCH3 is 1. The molecule has 1 saturated heterocycles. The molecule has 6 nitrogen and oxygen atoms in total. The van der Waals surface area contributed by atoms with Crippen LogP contribution in [-0.4, -0.2) is 49.8 Å². The molecule has 0 saturated carbocycles. The molecule has 0 radical (unpaired) electrons. The standard InChI is InChI=1S/C12H19N3O3/c1-13-6-9-3-4-15(7-9)12(16)11-5-10(8-17-2)18-14-11/h5,9,13H,3-4,6-8H2,1-2H3. The van der Waals surface area contributed by atoms with Crippen LogP contribution in [-0.2, 0) is 11.3 Å². The topological polar surface area (TPSA) is 67.6 Å². The van der Waals surface area contributed by atoms with Gasteiger partial charge in [0.1, 0.15) is 6.61 Å². The van der Waals surface area contributed by atoms with Gasteiger partial charge in [-0.3, -0.25) is 4.79 Å². The number of nitrogens with one attached hydrogen (secondary N) is 1. The van der Waals surface area contributed by atoms with Gasteiger partial charge < -0.3 is 19.5 Å². The second-order valence-corrected chi connectivity index (χ2v) is 4.58. The lowest BCUT2D eigenvalue weighted by atomic mass is 10.1. The Balaban J connectivity index is 1.94. The summed E-state index contributed by atoms with van der Waals surface area (Å²) in [6, 6.07) is 1.65. The fourth-order valence-electron chi connectivity index (χ4n) is 2.26. The molecule has 2 rings (SSSR count). The molecule has 1 aliphatic heterocycles. The molecule has 1 fully saturated rings. The van der Waals surface area contributed by atoms with Crippen LogP contribution in [0.1, 0.15) is 22.7 Å². The third-order valence-electron chi connectivity index (χ3n) is 3.13. The fourth-order valence-corrected chi connectivity index (χ4v) is 2.26. The Bertz CT molecular complexity index is 405. The van der Waals surface area contributed by atoms with E-state index >= 15 is 0 Å². The number of aromatic nitrogens is 1. The Kier molecular flexibility index (Phi) is 4.33. The second kappa shape index (κ2) is 5.97. The van der Waals surface area contributed by atoms with Crippen LogP contribution in [0.2, 0.25) is 0 Å². The molecule has 0 spiro atoms. The lowest BCUT2D eigenvalue weighted by Gasteiger charge is -2.14. The van der Waals surface area contributed by atoms with Crippen molar-refractivity contribution < 1.29 is 14.1 Å². The van der Waals surface area contributed by atoms with Gasteiger partial charge in [-0.15, -0.1) is 0 Å². The highest BCUT2D eigenvalue weighted by Gasteiger charge is 2.28. The highest BCUT2D eigenvalue weighted by atomic mass is 16.5. The molecule has 1 aliphatic rings. The van der Waals surface area contributed by atoms with E-state index in [1.807, 2.05) is 11.9 Å². The number of rotatable bonds is 5. The molecule has 1 amide bonds. The summed E-state index contributed by atoms with van der Waals surface area (Å²) in [4.78, 5) is 14.0. The molecule has 0 aliphatic carbocycles. The van der Waals surface area contributed by atoms with E-state index in [4.69, 9.17) is 9.26 Å². The van der Waals surface area contributed by atoms with Crippen molar-refractivity contribution in [1.29, 1.82) is 0 Å². The number of likely N-dealkylation sites (tertiary alicyclic amines) is 1. The summed E-state index contributed by atoms with van der Waals surface area (Å²) < 4.78 is 9.95. The van der Waals surface area contributed by atoms with E-state index in [-0.39, 0.29) is 5.91 Å². The van der Waals surface area contributed by atoms with Crippen molar-refractivity contribution in [2.75, 3.05) is 33.8 Å². The zero-order valence-electron chi connectivity index (χ0n) is 10.8. The summed E-state index contributed by atoms with van der Waals surface area (Å²) in [5, 5.41) is 6.93. The first-order chi connectivity index (χ1) is 8.74. The van der Waals surface area contributed by atoms with Gasteiger partial charge in [0.2, 0.25) is 0 Å². The molecule has 1 aromatic heterocycles. The average molecular weight is 253 g/mol. The lowest BCUT2D eigenvalue weighted by Crippen LogP contribution is -2.30. The minimum atomic E-state index is -0.0558. The van der Waals surface area contributed by atoms with Crippen LogP contribution in [0, 0.1) is 5.92 Å². The van der Waals surface area contributed by atoms with Crippen LogP contribution in [0.25, 0.3) is 0 Å². The first kappa shape index (κ1) is 13.0. The minimum absolute atomic E-state index is 0.0558. The first-order valence-corrected chi connectivity index (χ1v) is 6.13. The van der Waals surface area contributed by atoms with E-state index < -0.39 is 0 Å². The summed E-state index contributed by atoms with van der Waals surface area (Å²) in [7, 11) is 3.51. The molecule has 18 heavy (non-hydrogen) atoms. The zero-order valence-corrected chi connectivity index (χ0v) is 10.8. The quantitative estimate of drug-likeness (QED) is 0.827. The molecule has 2 heterocycles. The molecular formula is C12H19N3O3. The number of carbonyl (C=O) groups excluding carboxylic acids is 1. The van der Waals surface area contributed by atoms with E-state index in [9.17, 15) is 4.79 Å². The monoisotopic (exact) mass is 253 g/mol. The van der Waals surface area contributed by atoms with Crippen LogP contribution in [0.4, 0.5) is 0 Å². The van der Waals surface area contributed by atoms with Gasteiger partial charge in [0.15, 0.2) is 11.5 Å². The van der Waals surface area contributed by atoms with Gasteiger partial charge in [0, 0.05) is 26.3 Å². The van der Waals surface area contributed by atoms with E-state index in [1.54, 1.807) is 13.2 Å². The van der Waals surface area contributed by atoms with Gasteiger partial charge in [0.25, 0.3) is 5.91 Å². The van der Waals surface area contributed by atoms with E-state index in [0.717, 1.165) is 26.1 Å². The van der Waals surface area contributed by atoms with Gasteiger partial charge in [-0.2, -0.15) is 0 Å². The molecule has 1 unspecified atom stereocenters. The highest BCUT2D eigenvalue weighted by Crippen LogP contribution is 2.18. The maximum Gasteiger partial charge on any atom is 0.276 e. The van der Waals surface area contributed by atoms with Crippen molar-refractivity contribution in [3.63, 3.8) is 0 Å². The Morgan fingerprint density at radius 3 is 3.28 bits per heavy atom. The first-order valence-electron chi connectivity index (χ1n) is 6.13. The van der Waals surface area contributed by atoms with Crippen LogP contribution in [0.15, 0.2) is 10.6 Å². The molecule has 1 N–H and O–H groups in total. The van der Waals surface area contributed by atoms with Gasteiger partial charge >= 0.3 is 0 Å². The number of ether oxygens (including phenoxy) is 1. The predicted molar refractivity (Wildman–Crippen MR) is 65.2 cm³/mol. The predicted octanol–water partition coefficient (Wildman–Crippen LogP) is 0.502. The van der Waals surface area contributed by atoms with E-state index in [2.05, 4.69) is 10.5 Å². The maximum atomic E-state index is 12.2. The van der Waals surface area contributed by atoms with Gasteiger partial charge in [0.05, 0.1) is 0 Å². The molecule has 1 atom stereocenters. The van der Waals surface area contributed by atoms with Crippen molar-refractivity contribution >= 4 is 5.91 Å². The molecule has 1 aromatic rings. The summed E-state index contributed by atoms with van der Waals surface area (Å²) in [5.74, 6) is 1.05. The molecule has 6 heteroatoms. The van der Waals surface area contributed by atoms with E-state index in [1.165, 1.54) is 0 Å². The number of hydrogen-bond acceptors (Lipinski definition) is 5. The fraction of sp³-hybridized carbons (Fsp3) is 0.667. The van der Waals surface area contributed by atoms with Crippen molar-refractivity contribution in [3.05, 3.63) is 17.5 Å². The minimum Gasteiger partial charge on any atom is -0.377 e. The third-order valence-corrected chi connectivity index (χ3v) is 3.13. The maximum absolute atomic E-state index is 12.2. The largest absolute Gasteiger partial charge is 0.377 e. The van der Waals surface area contributed by atoms with Gasteiger partial charge in [-0.1, -0.05) is 5.16 Å². The van der Waals surface area contributed by atoms with Gasteiger partial charge in [-0.25, -0.2) is 0 Å². The highest BCUT2D eigenvalue weighted by molar-refractivity contribution is 5.92. The molecule has 100 valence electrons. The zero-order chi connectivity index (χ0) is 13.0. The van der Waals surface area contributed by atoms with Crippen LogP contribution < -0.4 is 5.32 Å². The van der Waals surface area contributed by atoms with Crippen molar-refractivity contribution in [3.8, 4) is 0 Å². The number of carbonyl (C=O) groups is 1. The normalized spacial score (nSPS) is 19.4. The second-order valence-electron chi connectivity index (χ2n) is 4.58. The Morgan fingerprint density at radius 2 is 2.56 bits per heavy atom. The molecule has 0 bridgehead atoms. The summed E-state index contributed by atoms with van der Waals surface area (Å²) in [5.41, 5.74) is 0.368. The summed E-state index contributed by atoms with van der Waals surface area (Å²) in [6.45, 7) is 2.85. The van der Waals surface area contributed by atoms with Gasteiger partial charge in [-0.05, 0) is 25.9 Å². The lowest BCUT2D eigenvalue weighted by molar-refractivity contribution is 0.0776. The van der Waals surface area contributed by atoms with Crippen LogP contribution in [0.5, 0.6) is 0 Å². The Labute approximate surface area is 106 Å². The number of nitrogens with zero attached hydrogens (tertiary/aromatic N) is 2.